The number of halogens is 1. The molecule has 1 unspecified atom stereocenters. The third-order valence-corrected chi connectivity index (χ3v) is 3.21. The lowest BCUT2D eigenvalue weighted by Gasteiger charge is -2.13. The van der Waals surface area contributed by atoms with Gasteiger partial charge in [0.2, 0.25) is 0 Å². The number of nitrogens with zero attached hydrogens (tertiary/aromatic N) is 3. The molecule has 0 fully saturated rings. The zero-order chi connectivity index (χ0) is 13.8. The number of hydrogen-bond donors (Lipinski definition) is 1. The Bertz CT molecular complexity index is 555. The average molecular weight is 281 g/mol. The van der Waals surface area contributed by atoms with E-state index in [4.69, 9.17) is 16.3 Å². The summed E-state index contributed by atoms with van der Waals surface area (Å²) in [6, 6.07) is 6.04. The molecule has 1 aromatic carbocycles. The first-order valence-corrected chi connectivity index (χ1v) is 6.42. The minimum Gasteiger partial charge on any atom is -0.486 e. The zero-order valence-corrected chi connectivity index (χ0v) is 12.0. The summed E-state index contributed by atoms with van der Waals surface area (Å²) in [4.78, 5) is 0. The molecule has 0 aliphatic rings. The number of rotatable bonds is 5. The van der Waals surface area contributed by atoms with E-state index in [1.807, 2.05) is 38.5 Å². The van der Waals surface area contributed by atoms with Gasteiger partial charge in [-0.15, -0.1) is 5.10 Å². The van der Waals surface area contributed by atoms with E-state index in [0.29, 0.717) is 17.4 Å². The van der Waals surface area contributed by atoms with Crippen LogP contribution in [0.15, 0.2) is 24.4 Å². The summed E-state index contributed by atoms with van der Waals surface area (Å²) in [5.74, 6) is 0.652. The molecule has 1 atom stereocenters. The van der Waals surface area contributed by atoms with Gasteiger partial charge in [0.05, 0.1) is 11.2 Å². The maximum absolute atomic E-state index is 6.21. The number of aryl methyl sites for hydroxylation is 1. The first-order valence-electron chi connectivity index (χ1n) is 6.05. The lowest BCUT2D eigenvalue weighted by Crippen LogP contribution is -2.12. The van der Waals surface area contributed by atoms with Crippen LogP contribution in [-0.2, 0) is 13.7 Å². The Kier molecular flexibility index (Phi) is 4.39. The second-order valence-electron chi connectivity index (χ2n) is 4.37. The van der Waals surface area contributed by atoms with Gasteiger partial charge in [-0.2, -0.15) is 0 Å². The molecule has 1 aromatic heterocycles. The molecule has 19 heavy (non-hydrogen) atoms. The van der Waals surface area contributed by atoms with Crippen molar-refractivity contribution in [1.82, 2.24) is 20.3 Å². The van der Waals surface area contributed by atoms with Crippen molar-refractivity contribution in [2.75, 3.05) is 7.05 Å². The van der Waals surface area contributed by atoms with Crippen molar-refractivity contribution >= 4 is 11.6 Å². The third-order valence-electron chi connectivity index (χ3n) is 2.91. The molecule has 0 bridgehead atoms. The summed E-state index contributed by atoms with van der Waals surface area (Å²) >= 11 is 6.21. The predicted octanol–water partition coefficient (Wildman–Crippen LogP) is 2.33. The van der Waals surface area contributed by atoms with Gasteiger partial charge >= 0.3 is 0 Å². The average Bonchev–Trinajstić information content (AvgIpc) is 2.82. The lowest BCUT2D eigenvalue weighted by molar-refractivity contribution is 0.301. The summed E-state index contributed by atoms with van der Waals surface area (Å²) in [7, 11) is 3.73. The molecule has 0 saturated heterocycles. The van der Waals surface area contributed by atoms with E-state index >= 15 is 0 Å². The zero-order valence-electron chi connectivity index (χ0n) is 11.2. The second kappa shape index (κ2) is 6.04. The highest BCUT2D eigenvalue weighted by atomic mass is 35.5. The monoisotopic (exact) mass is 280 g/mol. The van der Waals surface area contributed by atoms with Crippen LogP contribution in [0.5, 0.6) is 5.75 Å². The van der Waals surface area contributed by atoms with Gasteiger partial charge in [0.25, 0.3) is 0 Å². The molecule has 0 aliphatic carbocycles. The fourth-order valence-corrected chi connectivity index (χ4v) is 1.93. The SMILES string of the molecule is CNC(C)c1ccc(OCc2cn(C)nn2)c(Cl)c1. The van der Waals surface area contributed by atoms with Crippen LogP contribution in [0.25, 0.3) is 0 Å². The Balaban J connectivity index is 2.05. The van der Waals surface area contributed by atoms with Crippen LogP contribution < -0.4 is 10.1 Å². The normalized spacial score (nSPS) is 12.4. The van der Waals surface area contributed by atoms with E-state index in [2.05, 4.69) is 22.6 Å². The van der Waals surface area contributed by atoms with Crippen LogP contribution in [-0.4, -0.2) is 22.0 Å². The van der Waals surface area contributed by atoms with Crippen molar-refractivity contribution in [3.05, 3.63) is 40.7 Å². The maximum Gasteiger partial charge on any atom is 0.138 e. The van der Waals surface area contributed by atoms with Gasteiger partial charge in [0.1, 0.15) is 18.1 Å². The van der Waals surface area contributed by atoms with Crippen molar-refractivity contribution in [1.29, 1.82) is 0 Å². The van der Waals surface area contributed by atoms with Crippen molar-refractivity contribution < 1.29 is 4.74 Å². The number of aromatic nitrogens is 3. The molecule has 2 rings (SSSR count). The molecule has 0 amide bonds. The van der Waals surface area contributed by atoms with Gasteiger partial charge in [-0.1, -0.05) is 22.9 Å². The Morgan fingerprint density at radius 3 is 2.84 bits per heavy atom. The highest BCUT2D eigenvalue weighted by molar-refractivity contribution is 6.32. The summed E-state index contributed by atoms with van der Waals surface area (Å²) in [6.07, 6.45) is 1.81. The Morgan fingerprint density at radius 2 is 2.26 bits per heavy atom. The van der Waals surface area contributed by atoms with Gasteiger partial charge in [-0.3, -0.25) is 4.68 Å². The van der Waals surface area contributed by atoms with E-state index in [1.54, 1.807) is 4.68 Å². The maximum atomic E-state index is 6.21. The molecule has 0 saturated carbocycles. The van der Waals surface area contributed by atoms with Crippen LogP contribution in [0.4, 0.5) is 0 Å². The first-order chi connectivity index (χ1) is 9.10. The van der Waals surface area contributed by atoms with Gasteiger partial charge in [-0.05, 0) is 31.7 Å². The van der Waals surface area contributed by atoms with Crippen molar-refractivity contribution in [3.8, 4) is 5.75 Å². The van der Waals surface area contributed by atoms with E-state index in [0.717, 1.165) is 11.3 Å². The van der Waals surface area contributed by atoms with Crippen LogP contribution in [0.1, 0.15) is 24.2 Å². The lowest BCUT2D eigenvalue weighted by atomic mass is 10.1. The fraction of sp³-hybridized carbons (Fsp3) is 0.385. The molecular formula is C13H17ClN4O. The predicted molar refractivity (Wildman–Crippen MR) is 74.3 cm³/mol. The van der Waals surface area contributed by atoms with Crippen LogP contribution in [0.3, 0.4) is 0 Å². The quantitative estimate of drug-likeness (QED) is 0.913. The van der Waals surface area contributed by atoms with Crippen LogP contribution >= 0.6 is 11.6 Å². The summed E-state index contributed by atoms with van der Waals surface area (Å²) in [6.45, 7) is 2.43. The second-order valence-corrected chi connectivity index (χ2v) is 4.78. The molecule has 1 N–H and O–H groups in total. The van der Waals surface area contributed by atoms with Crippen LogP contribution in [0.2, 0.25) is 5.02 Å². The molecule has 2 aromatic rings. The third kappa shape index (κ3) is 3.45. The highest BCUT2D eigenvalue weighted by Gasteiger charge is 2.08. The smallest absolute Gasteiger partial charge is 0.138 e. The minimum atomic E-state index is 0.256. The number of hydrogen-bond acceptors (Lipinski definition) is 4. The fourth-order valence-electron chi connectivity index (χ4n) is 1.68. The molecule has 5 nitrogen and oxygen atoms in total. The molecule has 1 heterocycles. The largest absolute Gasteiger partial charge is 0.486 e. The highest BCUT2D eigenvalue weighted by Crippen LogP contribution is 2.28. The first kappa shape index (κ1) is 13.8. The van der Waals surface area contributed by atoms with E-state index in [9.17, 15) is 0 Å². The summed E-state index contributed by atoms with van der Waals surface area (Å²) < 4.78 is 7.27. The van der Waals surface area contributed by atoms with Gasteiger partial charge < -0.3 is 10.1 Å². The Morgan fingerprint density at radius 1 is 1.47 bits per heavy atom. The van der Waals surface area contributed by atoms with Crippen molar-refractivity contribution in [2.24, 2.45) is 7.05 Å². The Labute approximate surface area is 117 Å². The number of benzene rings is 1. The van der Waals surface area contributed by atoms with E-state index < -0.39 is 0 Å². The van der Waals surface area contributed by atoms with Crippen LogP contribution in [0, 0.1) is 0 Å². The topological polar surface area (TPSA) is 52.0 Å². The molecule has 6 heteroatoms. The standard InChI is InChI=1S/C13H17ClN4O/c1-9(15-2)10-4-5-13(12(14)6-10)19-8-11-7-18(3)17-16-11/h4-7,9,15H,8H2,1-3H3. The molecule has 0 aliphatic heterocycles. The molecule has 0 spiro atoms. The Hall–Kier alpha value is -1.59. The van der Waals surface area contributed by atoms with E-state index in [1.165, 1.54) is 0 Å². The number of nitrogens with one attached hydrogen (secondary N) is 1. The van der Waals surface area contributed by atoms with Gasteiger partial charge in [-0.25, -0.2) is 0 Å². The minimum absolute atomic E-state index is 0.256. The summed E-state index contributed by atoms with van der Waals surface area (Å²) in [5.41, 5.74) is 1.89. The summed E-state index contributed by atoms with van der Waals surface area (Å²) in [5, 5.41) is 11.6. The molecular weight excluding hydrogens is 264 g/mol. The molecule has 0 radical (unpaired) electrons. The van der Waals surface area contributed by atoms with Crippen molar-refractivity contribution in [2.45, 2.75) is 19.6 Å². The number of ether oxygens (including phenoxy) is 1. The molecule has 102 valence electrons. The van der Waals surface area contributed by atoms with Gasteiger partial charge in [0.15, 0.2) is 0 Å². The van der Waals surface area contributed by atoms with E-state index in [-0.39, 0.29) is 6.04 Å². The van der Waals surface area contributed by atoms with Crippen molar-refractivity contribution in [3.63, 3.8) is 0 Å². The van der Waals surface area contributed by atoms with Gasteiger partial charge in [0, 0.05) is 13.1 Å².